The molecule has 0 aliphatic carbocycles. The monoisotopic (exact) mass is 368 g/mol. The Morgan fingerprint density at radius 3 is 2.46 bits per heavy atom. The molecule has 3 nitrogen and oxygen atoms in total. The summed E-state index contributed by atoms with van der Waals surface area (Å²) in [7, 11) is 0. The number of para-hydroxylation sites is 1. The summed E-state index contributed by atoms with van der Waals surface area (Å²) in [6, 6.07) is 7.47. The van der Waals surface area contributed by atoms with Gasteiger partial charge >= 0.3 is 0 Å². The van der Waals surface area contributed by atoms with E-state index in [4.69, 9.17) is 12.2 Å². The molecule has 0 aliphatic heterocycles. The summed E-state index contributed by atoms with van der Waals surface area (Å²) in [5.41, 5.74) is 0.769. The van der Waals surface area contributed by atoms with Crippen LogP contribution in [0.4, 0.5) is 0 Å². The molecule has 0 atom stereocenters. The number of aromatic nitrogens is 2. The summed E-state index contributed by atoms with van der Waals surface area (Å²) < 4.78 is 2.12. The van der Waals surface area contributed by atoms with E-state index in [0.29, 0.717) is 16.7 Å². The maximum Gasteiger partial charge on any atom is 0.262 e. The Kier molecular flexibility index (Phi) is 12.3. The van der Waals surface area contributed by atoms with Crippen LogP contribution in [0.2, 0.25) is 0 Å². The molecule has 0 fully saturated rings. The van der Waals surface area contributed by atoms with E-state index in [0.717, 1.165) is 17.7 Å². The van der Waals surface area contributed by atoms with Gasteiger partial charge < -0.3 is 4.98 Å². The Morgan fingerprint density at radius 2 is 1.88 bits per heavy atom. The van der Waals surface area contributed by atoms with Crippen LogP contribution < -0.4 is 5.56 Å². The number of benzene rings is 1. The van der Waals surface area contributed by atoms with Gasteiger partial charge in [0.2, 0.25) is 0 Å². The van der Waals surface area contributed by atoms with Crippen LogP contribution in [0.3, 0.4) is 0 Å². The van der Waals surface area contributed by atoms with Gasteiger partial charge in [-0.3, -0.25) is 9.36 Å². The van der Waals surface area contributed by atoms with Gasteiger partial charge in [-0.2, -0.15) is 0 Å². The minimum atomic E-state index is -0.0249. The van der Waals surface area contributed by atoms with Crippen molar-refractivity contribution >= 4 is 34.9 Å². The highest BCUT2D eigenvalue weighted by atomic mass is 32.2. The maximum atomic E-state index is 12.5. The molecular formula is C19H32N2OS2. The Labute approximate surface area is 156 Å². The fraction of sp³-hybridized carbons (Fsp3) is 0.474. The van der Waals surface area contributed by atoms with E-state index >= 15 is 0 Å². The van der Waals surface area contributed by atoms with Crippen LogP contribution in [-0.4, -0.2) is 15.3 Å². The van der Waals surface area contributed by atoms with Crippen molar-refractivity contribution in [3.8, 4) is 0 Å². The van der Waals surface area contributed by atoms with E-state index in [1.807, 2.05) is 52.0 Å². The number of aromatic amines is 1. The zero-order chi connectivity index (χ0) is 18.5. The highest BCUT2D eigenvalue weighted by molar-refractivity contribution is 8.03. The molecule has 0 radical (unpaired) electrons. The Balaban J connectivity index is 0. The number of nitrogens with zero attached hydrogens (tertiary/aromatic N) is 1. The molecule has 0 unspecified atom stereocenters. The molecule has 1 aromatic carbocycles. The van der Waals surface area contributed by atoms with Crippen molar-refractivity contribution in [2.24, 2.45) is 0 Å². The van der Waals surface area contributed by atoms with Gasteiger partial charge in [0.05, 0.1) is 17.4 Å². The molecular weight excluding hydrogens is 336 g/mol. The van der Waals surface area contributed by atoms with E-state index in [2.05, 4.69) is 24.9 Å². The molecule has 2 rings (SSSR count). The SMILES string of the molecule is CC.CC.CC/C=C(/Cn1c(=S)[nH]c2ccccc2c1=O)SCC.[HH]. The lowest BCUT2D eigenvalue weighted by molar-refractivity contribution is 0.743. The molecule has 136 valence electrons. The number of H-pyrrole nitrogens is 1. The number of allylic oxidation sites excluding steroid dienone is 2. The largest absolute Gasteiger partial charge is 0.332 e. The first-order valence-corrected chi connectivity index (χ1v) is 10.1. The van der Waals surface area contributed by atoms with Crippen LogP contribution in [-0.2, 0) is 6.54 Å². The van der Waals surface area contributed by atoms with Crippen molar-refractivity contribution in [2.45, 2.75) is 54.5 Å². The van der Waals surface area contributed by atoms with E-state index < -0.39 is 0 Å². The first kappa shape index (κ1) is 22.7. The smallest absolute Gasteiger partial charge is 0.262 e. The van der Waals surface area contributed by atoms with Gasteiger partial charge in [-0.05, 0) is 36.5 Å². The van der Waals surface area contributed by atoms with Gasteiger partial charge in [-0.25, -0.2) is 0 Å². The topological polar surface area (TPSA) is 37.8 Å². The average molecular weight is 369 g/mol. The number of thioether (sulfide) groups is 1. The Hall–Kier alpha value is -1.33. The summed E-state index contributed by atoms with van der Waals surface area (Å²) in [6.45, 7) is 12.8. The second-order valence-corrected chi connectivity index (χ2v) is 6.16. The lowest BCUT2D eigenvalue weighted by atomic mass is 10.2. The third-order valence-electron chi connectivity index (χ3n) is 2.96. The number of nitrogens with one attached hydrogen (secondary N) is 1. The quantitative estimate of drug-likeness (QED) is 0.620. The third-order valence-corrected chi connectivity index (χ3v) is 4.24. The van der Waals surface area contributed by atoms with Crippen LogP contribution in [0.5, 0.6) is 0 Å². The lowest BCUT2D eigenvalue weighted by Gasteiger charge is -2.10. The van der Waals surface area contributed by atoms with Crippen molar-refractivity contribution in [1.82, 2.24) is 9.55 Å². The molecule has 0 spiro atoms. The molecule has 0 saturated heterocycles. The summed E-state index contributed by atoms with van der Waals surface area (Å²) in [5.74, 6) is 0.991. The molecule has 0 amide bonds. The number of fused-ring (bicyclic) bond motifs is 1. The predicted octanol–water partition coefficient (Wildman–Crippen LogP) is 6.40. The van der Waals surface area contributed by atoms with Gasteiger partial charge in [0, 0.05) is 6.33 Å². The predicted molar refractivity (Wildman–Crippen MR) is 115 cm³/mol. The molecule has 0 aliphatic rings. The van der Waals surface area contributed by atoms with Crippen molar-refractivity contribution in [2.75, 3.05) is 5.75 Å². The fourth-order valence-corrected chi connectivity index (χ4v) is 3.21. The molecule has 5 heteroatoms. The second kappa shape index (κ2) is 13.0. The Bertz CT molecular complexity index is 751. The van der Waals surface area contributed by atoms with E-state index in [1.54, 1.807) is 16.3 Å². The minimum absolute atomic E-state index is 0. The van der Waals surface area contributed by atoms with Crippen molar-refractivity contribution in [1.29, 1.82) is 0 Å². The van der Waals surface area contributed by atoms with Crippen LogP contribution in [0.1, 0.15) is 49.4 Å². The van der Waals surface area contributed by atoms with Crippen LogP contribution >= 0.6 is 24.0 Å². The van der Waals surface area contributed by atoms with Crippen LogP contribution in [0.25, 0.3) is 10.9 Å². The van der Waals surface area contributed by atoms with Gasteiger partial charge in [0.1, 0.15) is 0 Å². The Morgan fingerprint density at radius 1 is 1.25 bits per heavy atom. The normalized spacial score (nSPS) is 10.5. The molecule has 0 saturated carbocycles. The number of hydrogen-bond acceptors (Lipinski definition) is 3. The van der Waals surface area contributed by atoms with Gasteiger partial charge in [0.25, 0.3) is 5.56 Å². The summed E-state index contributed by atoms with van der Waals surface area (Å²) in [4.78, 5) is 16.9. The lowest BCUT2D eigenvalue weighted by Crippen LogP contribution is -2.22. The summed E-state index contributed by atoms with van der Waals surface area (Å²) >= 11 is 7.08. The number of hydrogen-bond donors (Lipinski definition) is 1. The van der Waals surface area contributed by atoms with Crippen LogP contribution in [0, 0.1) is 4.77 Å². The first-order chi connectivity index (χ1) is 11.7. The third kappa shape index (κ3) is 6.29. The highest BCUT2D eigenvalue weighted by Crippen LogP contribution is 2.18. The van der Waals surface area contributed by atoms with E-state index in [9.17, 15) is 4.79 Å². The van der Waals surface area contributed by atoms with Gasteiger partial charge in [-0.15, -0.1) is 11.8 Å². The maximum absolute atomic E-state index is 12.5. The van der Waals surface area contributed by atoms with Gasteiger partial charge in [0.15, 0.2) is 4.77 Å². The van der Waals surface area contributed by atoms with Crippen LogP contribution in [0.15, 0.2) is 40.0 Å². The zero-order valence-corrected chi connectivity index (χ0v) is 17.3. The average Bonchev–Trinajstić information content (AvgIpc) is 2.62. The molecule has 1 heterocycles. The van der Waals surface area contributed by atoms with Gasteiger partial charge in [-0.1, -0.05) is 59.8 Å². The summed E-state index contributed by atoms with van der Waals surface area (Å²) in [6.07, 6.45) is 3.12. The van der Waals surface area contributed by atoms with E-state index in [-0.39, 0.29) is 6.99 Å². The minimum Gasteiger partial charge on any atom is -0.332 e. The number of rotatable bonds is 5. The summed E-state index contributed by atoms with van der Waals surface area (Å²) in [5, 5.41) is 0.679. The zero-order valence-electron chi connectivity index (χ0n) is 15.7. The standard InChI is InChI=1S/C15H18N2OS2.2C2H6.H2/c1-3-7-11(20-4-2)10-17-14(18)12-8-5-6-9-13(12)16-15(17)19;2*1-2;/h5-9H,3-4,10H2,1-2H3,(H,16,19);2*1-2H3;1H/b11-7-;;;. The fourth-order valence-electron chi connectivity index (χ4n) is 2.08. The van der Waals surface area contributed by atoms with Crippen molar-refractivity contribution in [3.63, 3.8) is 0 Å². The highest BCUT2D eigenvalue weighted by Gasteiger charge is 2.07. The van der Waals surface area contributed by atoms with Crippen molar-refractivity contribution in [3.05, 3.63) is 50.4 Å². The van der Waals surface area contributed by atoms with Crippen molar-refractivity contribution < 1.29 is 1.43 Å². The second-order valence-electron chi connectivity index (χ2n) is 4.38. The molecule has 1 aromatic heterocycles. The molecule has 24 heavy (non-hydrogen) atoms. The molecule has 2 aromatic rings. The first-order valence-electron chi connectivity index (χ1n) is 8.71. The van der Waals surface area contributed by atoms with E-state index in [1.165, 1.54) is 4.91 Å². The molecule has 0 bridgehead atoms. The molecule has 1 N–H and O–H groups in total.